The number of carbonyl (C=O) groups is 2. The summed E-state index contributed by atoms with van der Waals surface area (Å²) in [4.78, 5) is 27.9. The Kier molecular flexibility index (Phi) is 5.51. The highest BCUT2D eigenvalue weighted by Gasteiger charge is 2.19. The second-order valence-electron chi connectivity index (χ2n) is 5.84. The van der Waals surface area contributed by atoms with Gasteiger partial charge in [-0.05, 0) is 31.7 Å². The van der Waals surface area contributed by atoms with Gasteiger partial charge in [0, 0.05) is 31.9 Å². The lowest BCUT2D eigenvalue weighted by atomic mass is 10.1. The summed E-state index contributed by atoms with van der Waals surface area (Å²) in [5.74, 6) is -0.0678. The van der Waals surface area contributed by atoms with Crippen molar-refractivity contribution in [3.8, 4) is 0 Å². The zero-order valence-corrected chi connectivity index (χ0v) is 13.2. The van der Waals surface area contributed by atoms with Gasteiger partial charge in [0.05, 0.1) is 12.5 Å². The molecule has 1 heterocycles. The molecule has 1 fully saturated rings. The molecule has 6 heteroatoms. The lowest BCUT2D eigenvalue weighted by Gasteiger charge is -2.32. The minimum Gasteiger partial charge on any atom is -0.340 e. The van der Waals surface area contributed by atoms with Crippen LogP contribution in [0.2, 0.25) is 0 Å². The third-order valence-corrected chi connectivity index (χ3v) is 3.85. The normalized spacial score (nSPS) is 17.1. The molecular formula is C16H24N4O2. The number of hydrogen-bond acceptors (Lipinski definition) is 4. The molecule has 2 rings (SSSR count). The molecule has 0 saturated carbocycles. The number of carbonyl (C=O) groups excluding carboxylic acids is 2. The van der Waals surface area contributed by atoms with Gasteiger partial charge in [-0.15, -0.1) is 0 Å². The van der Waals surface area contributed by atoms with Crippen LogP contribution in [0.5, 0.6) is 0 Å². The monoisotopic (exact) mass is 304 g/mol. The number of piperazine rings is 1. The number of amides is 2. The molecule has 1 unspecified atom stereocenters. The first-order valence-corrected chi connectivity index (χ1v) is 7.57. The minimum absolute atomic E-state index is 0.153. The Hall–Kier alpha value is -1.92. The molecule has 1 aliphatic heterocycles. The molecule has 2 amide bonds. The molecule has 1 atom stereocenters. The van der Waals surface area contributed by atoms with Crippen molar-refractivity contribution < 1.29 is 9.59 Å². The SMILES string of the molecule is CC(N)C(=O)Nc1ccc(CC(=O)N2CCN(C)CC2)cc1. The fraction of sp³-hybridized carbons (Fsp3) is 0.500. The topological polar surface area (TPSA) is 78.7 Å². The van der Waals surface area contributed by atoms with E-state index < -0.39 is 6.04 Å². The average molecular weight is 304 g/mol. The maximum Gasteiger partial charge on any atom is 0.240 e. The quantitative estimate of drug-likeness (QED) is 0.838. The molecular weight excluding hydrogens is 280 g/mol. The van der Waals surface area contributed by atoms with Gasteiger partial charge in [0.15, 0.2) is 0 Å². The molecule has 3 N–H and O–H groups in total. The smallest absolute Gasteiger partial charge is 0.240 e. The summed E-state index contributed by atoms with van der Waals surface area (Å²) in [6.07, 6.45) is 0.394. The summed E-state index contributed by atoms with van der Waals surface area (Å²) < 4.78 is 0. The van der Waals surface area contributed by atoms with Crippen molar-refractivity contribution in [3.63, 3.8) is 0 Å². The van der Waals surface area contributed by atoms with Gasteiger partial charge in [-0.1, -0.05) is 12.1 Å². The number of rotatable bonds is 4. The van der Waals surface area contributed by atoms with Crippen LogP contribution in [-0.2, 0) is 16.0 Å². The van der Waals surface area contributed by atoms with Crippen LogP contribution in [0.25, 0.3) is 0 Å². The fourth-order valence-electron chi connectivity index (χ4n) is 2.30. The van der Waals surface area contributed by atoms with Crippen LogP contribution in [0.15, 0.2) is 24.3 Å². The van der Waals surface area contributed by atoms with Gasteiger partial charge in [0.2, 0.25) is 11.8 Å². The summed E-state index contributed by atoms with van der Waals surface area (Å²) in [7, 11) is 2.07. The molecule has 1 aliphatic rings. The number of likely N-dealkylation sites (N-methyl/N-ethyl adjacent to an activating group) is 1. The van der Waals surface area contributed by atoms with Gasteiger partial charge in [0.25, 0.3) is 0 Å². The van der Waals surface area contributed by atoms with Crippen LogP contribution in [0, 0.1) is 0 Å². The highest BCUT2D eigenvalue weighted by Crippen LogP contribution is 2.12. The summed E-state index contributed by atoms with van der Waals surface area (Å²) in [6.45, 7) is 5.07. The van der Waals surface area contributed by atoms with Crippen molar-refractivity contribution in [1.29, 1.82) is 0 Å². The Morgan fingerprint density at radius 2 is 1.77 bits per heavy atom. The highest BCUT2D eigenvalue weighted by molar-refractivity contribution is 5.94. The molecule has 1 aromatic rings. The molecule has 6 nitrogen and oxygen atoms in total. The zero-order chi connectivity index (χ0) is 16.1. The van der Waals surface area contributed by atoms with Crippen LogP contribution >= 0.6 is 0 Å². The first-order valence-electron chi connectivity index (χ1n) is 7.57. The van der Waals surface area contributed by atoms with Gasteiger partial charge in [0.1, 0.15) is 0 Å². The predicted molar refractivity (Wildman–Crippen MR) is 86.5 cm³/mol. The first kappa shape index (κ1) is 16.5. The Balaban J connectivity index is 1.88. The van der Waals surface area contributed by atoms with Crippen molar-refractivity contribution in [2.45, 2.75) is 19.4 Å². The summed E-state index contributed by atoms with van der Waals surface area (Å²) >= 11 is 0. The molecule has 0 radical (unpaired) electrons. The molecule has 0 spiro atoms. The Morgan fingerprint density at radius 3 is 2.32 bits per heavy atom. The van der Waals surface area contributed by atoms with E-state index >= 15 is 0 Å². The molecule has 22 heavy (non-hydrogen) atoms. The van der Waals surface area contributed by atoms with Crippen LogP contribution in [0.1, 0.15) is 12.5 Å². The second kappa shape index (κ2) is 7.38. The van der Waals surface area contributed by atoms with E-state index in [9.17, 15) is 9.59 Å². The van der Waals surface area contributed by atoms with E-state index in [0.717, 1.165) is 31.7 Å². The second-order valence-corrected chi connectivity index (χ2v) is 5.84. The predicted octanol–water partition coefficient (Wildman–Crippen LogP) is 0.289. The summed E-state index contributed by atoms with van der Waals surface area (Å²) in [6, 6.07) is 6.79. The Labute approximate surface area is 131 Å². The highest BCUT2D eigenvalue weighted by atomic mass is 16.2. The summed E-state index contributed by atoms with van der Waals surface area (Å²) in [5, 5.41) is 2.73. The fourth-order valence-corrected chi connectivity index (χ4v) is 2.30. The maximum atomic E-state index is 12.2. The molecule has 1 saturated heterocycles. The van der Waals surface area contributed by atoms with Crippen LogP contribution < -0.4 is 11.1 Å². The van der Waals surface area contributed by atoms with Crippen molar-refractivity contribution >= 4 is 17.5 Å². The first-order chi connectivity index (χ1) is 10.5. The molecule has 1 aromatic carbocycles. The number of hydrogen-bond donors (Lipinski definition) is 2. The lowest BCUT2D eigenvalue weighted by Crippen LogP contribution is -2.47. The van der Waals surface area contributed by atoms with Crippen molar-refractivity contribution in [1.82, 2.24) is 9.80 Å². The minimum atomic E-state index is -0.543. The van der Waals surface area contributed by atoms with E-state index in [1.165, 1.54) is 0 Å². The number of nitrogens with zero attached hydrogens (tertiary/aromatic N) is 2. The standard InChI is InChI=1S/C16H24N4O2/c1-12(17)16(22)18-14-5-3-13(4-6-14)11-15(21)20-9-7-19(2)8-10-20/h3-6,12H,7-11,17H2,1-2H3,(H,18,22). The van der Waals surface area contributed by atoms with Gasteiger partial charge in [-0.2, -0.15) is 0 Å². The van der Waals surface area contributed by atoms with E-state index in [0.29, 0.717) is 12.1 Å². The van der Waals surface area contributed by atoms with Gasteiger partial charge in [-0.25, -0.2) is 0 Å². The molecule has 0 aliphatic carbocycles. The average Bonchev–Trinajstić information content (AvgIpc) is 2.49. The number of anilines is 1. The Morgan fingerprint density at radius 1 is 1.18 bits per heavy atom. The zero-order valence-electron chi connectivity index (χ0n) is 13.2. The van der Waals surface area contributed by atoms with Gasteiger partial charge in [-0.3, -0.25) is 9.59 Å². The van der Waals surface area contributed by atoms with E-state index in [-0.39, 0.29) is 11.8 Å². The van der Waals surface area contributed by atoms with E-state index in [4.69, 9.17) is 5.73 Å². The van der Waals surface area contributed by atoms with E-state index in [1.807, 2.05) is 17.0 Å². The van der Waals surface area contributed by atoms with Gasteiger partial charge >= 0.3 is 0 Å². The number of benzene rings is 1. The Bertz CT molecular complexity index is 519. The molecule has 0 aromatic heterocycles. The van der Waals surface area contributed by atoms with Crippen molar-refractivity contribution in [2.24, 2.45) is 5.73 Å². The van der Waals surface area contributed by atoms with Gasteiger partial charge < -0.3 is 20.9 Å². The largest absolute Gasteiger partial charge is 0.340 e. The molecule has 120 valence electrons. The molecule has 0 bridgehead atoms. The number of nitrogens with two attached hydrogens (primary N) is 1. The third kappa shape index (κ3) is 4.54. The van der Waals surface area contributed by atoms with E-state index in [1.54, 1.807) is 19.1 Å². The van der Waals surface area contributed by atoms with Crippen LogP contribution in [-0.4, -0.2) is 60.9 Å². The van der Waals surface area contributed by atoms with Crippen LogP contribution in [0.4, 0.5) is 5.69 Å². The lowest BCUT2D eigenvalue weighted by molar-refractivity contribution is -0.132. The van der Waals surface area contributed by atoms with E-state index in [2.05, 4.69) is 17.3 Å². The number of nitrogens with one attached hydrogen (secondary N) is 1. The maximum absolute atomic E-state index is 12.2. The van der Waals surface area contributed by atoms with Crippen molar-refractivity contribution in [3.05, 3.63) is 29.8 Å². The summed E-state index contributed by atoms with van der Waals surface area (Å²) in [5.41, 5.74) is 7.15. The third-order valence-electron chi connectivity index (χ3n) is 3.85. The van der Waals surface area contributed by atoms with Crippen LogP contribution in [0.3, 0.4) is 0 Å². The van der Waals surface area contributed by atoms with Crippen molar-refractivity contribution in [2.75, 3.05) is 38.5 Å².